The van der Waals surface area contributed by atoms with Gasteiger partial charge in [-0.2, -0.15) is 13.2 Å². The van der Waals surface area contributed by atoms with Crippen molar-refractivity contribution in [2.45, 2.75) is 37.6 Å². The average molecular weight is 359 g/mol. The standard InChI is InChI=1S/C17H20F3NO4/c1-24-13-9-14(16(23)25-2)21(10-13)15(22)8-5-11-3-6-12(7-4-11)17(18,19)20/h3-4,6-7,13-14H,5,8-10H2,1-2H3/t13-,14+/m1/s1. The zero-order valence-electron chi connectivity index (χ0n) is 14.0. The summed E-state index contributed by atoms with van der Waals surface area (Å²) in [5, 5.41) is 0. The zero-order valence-corrected chi connectivity index (χ0v) is 14.0. The number of aryl methyl sites for hydroxylation is 1. The molecule has 138 valence electrons. The predicted octanol–water partition coefficient (Wildman–Crippen LogP) is 2.43. The van der Waals surface area contributed by atoms with Crippen molar-refractivity contribution >= 4 is 11.9 Å². The highest BCUT2D eigenvalue weighted by Crippen LogP contribution is 2.29. The van der Waals surface area contributed by atoms with Gasteiger partial charge < -0.3 is 14.4 Å². The van der Waals surface area contributed by atoms with E-state index < -0.39 is 23.8 Å². The molecule has 8 heteroatoms. The monoisotopic (exact) mass is 359 g/mol. The summed E-state index contributed by atoms with van der Waals surface area (Å²) in [6.07, 6.45) is -3.87. The third-order valence-corrected chi connectivity index (χ3v) is 4.30. The number of nitrogens with zero attached hydrogens (tertiary/aromatic N) is 1. The SMILES string of the molecule is COC(=O)[C@@H]1C[C@@H](OC)CN1C(=O)CCc1ccc(C(F)(F)F)cc1. The van der Waals surface area contributed by atoms with Crippen LogP contribution in [0.25, 0.3) is 0 Å². The third-order valence-electron chi connectivity index (χ3n) is 4.30. The molecule has 1 saturated heterocycles. The maximum Gasteiger partial charge on any atom is 0.416 e. The predicted molar refractivity (Wildman–Crippen MR) is 82.7 cm³/mol. The molecule has 5 nitrogen and oxygen atoms in total. The Morgan fingerprint density at radius 2 is 1.84 bits per heavy atom. The number of ether oxygens (including phenoxy) is 2. The average Bonchev–Trinajstić information content (AvgIpc) is 3.03. The Kier molecular flexibility index (Phi) is 6.05. The Hall–Kier alpha value is -2.09. The highest BCUT2D eigenvalue weighted by Gasteiger charge is 2.40. The van der Waals surface area contributed by atoms with E-state index in [1.54, 1.807) is 0 Å². The number of carbonyl (C=O) groups is 2. The number of benzene rings is 1. The lowest BCUT2D eigenvalue weighted by molar-refractivity contribution is -0.150. The molecule has 1 aliphatic rings. The number of methoxy groups -OCH3 is 2. The second kappa shape index (κ2) is 7.86. The minimum Gasteiger partial charge on any atom is -0.467 e. The van der Waals surface area contributed by atoms with Crippen LogP contribution < -0.4 is 0 Å². The van der Waals surface area contributed by atoms with Gasteiger partial charge in [0.15, 0.2) is 0 Å². The maximum atomic E-state index is 12.5. The van der Waals surface area contributed by atoms with Gasteiger partial charge in [0.1, 0.15) is 6.04 Å². The van der Waals surface area contributed by atoms with E-state index in [0.717, 1.165) is 12.1 Å². The van der Waals surface area contributed by atoms with E-state index in [0.29, 0.717) is 24.9 Å². The van der Waals surface area contributed by atoms with Crippen LogP contribution in [0.1, 0.15) is 24.0 Å². The van der Waals surface area contributed by atoms with Crippen LogP contribution in [0.4, 0.5) is 13.2 Å². The van der Waals surface area contributed by atoms with Crippen LogP contribution in [0.3, 0.4) is 0 Å². The molecule has 1 amide bonds. The number of amides is 1. The number of halogens is 3. The van der Waals surface area contributed by atoms with Gasteiger partial charge in [-0.3, -0.25) is 4.79 Å². The molecule has 0 saturated carbocycles. The first-order valence-corrected chi connectivity index (χ1v) is 7.82. The molecule has 0 N–H and O–H groups in total. The number of esters is 1. The number of alkyl halides is 3. The number of hydrogen-bond acceptors (Lipinski definition) is 4. The quantitative estimate of drug-likeness (QED) is 0.758. The minimum atomic E-state index is -4.38. The van der Waals surface area contributed by atoms with Crippen molar-refractivity contribution in [3.63, 3.8) is 0 Å². The minimum absolute atomic E-state index is 0.0926. The van der Waals surface area contributed by atoms with Gasteiger partial charge in [0.05, 0.1) is 18.8 Å². The van der Waals surface area contributed by atoms with Crippen LogP contribution in [-0.2, 0) is 31.7 Å². The van der Waals surface area contributed by atoms with Gasteiger partial charge >= 0.3 is 12.1 Å². The van der Waals surface area contributed by atoms with Crippen LogP contribution in [0.5, 0.6) is 0 Å². The van der Waals surface area contributed by atoms with E-state index in [-0.39, 0.29) is 18.4 Å². The second-order valence-corrected chi connectivity index (χ2v) is 5.87. The largest absolute Gasteiger partial charge is 0.467 e. The Morgan fingerprint density at radius 1 is 1.20 bits per heavy atom. The van der Waals surface area contributed by atoms with Gasteiger partial charge in [-0.15, -0.1) is 0 Å². The van der Waals surface area contributed by atoms with Crippen LogP contribution in [0.15, 0.2) is 24.3 Å². The molecule has 0 bridgehead atoms. The van der Waals surface area contributed by atoms with E-state index in [2.05, 4.69) is 0 Å². The van der Waals surface area contributed by atoms with Crippen LogP contribution >= 0.6 is 0 Å². The summed E-state index contributed by atoms with van der Waals surface area (Å²) < 4.78 is 47.6. The van der Waals surface area contributed by atoms with Crippen molar-refractivity contribution in [2.24, 2.45) is 0 Å². The normalized spacial score (nSPS) is 20.6. The van der Waals surface area contributed by atoms with E-state index in [1.165, 1.54) is 31.3 Å². The number of hydrogen-bond donors (Lipinski definition) is 0. The smallest absolute Gasteiger partial charge is 0.416 e. The maximum absolute atomic E-state index is 12.5. The summed E-state index contributed by atoms with van der Waals surface area (Å²) in [4.78, 5) is 25.7. The lowest BCUT2D eigenvalue weighted by atomic mass is 10.1. The Labute approximate surface area is 143 Å². The molecule has 1 heterocycles. The molecule has 1 fully saturated rings. The lowest BCUT2D eigenvalue weighted by Gasteiger charge is -2.22. The van der Waals surface area contributed by atoms with E-state index in [4.69, 9.17) is 9.47 Å². The number of carbonyl (C=O) groups excluding carboxylic acids is 2. The third kappa shape index (κ3) is 4.72. The Morgan fingerprint density at radius 3 is 2.36 bits per heavy atom. The highest BCUT2D eigenvalue weighted by molar-refractivity contribution is 5.85. The molecule has 1 aromatic carbocycles. The van der Waals surface area contributed by atoms with Crippen LogP contribution in [0.2, 0.25) is 0 Å². The molecule has 0 aromatic heterocycles. The molecule has 0 spiro atoms. The first-order chi connectivity index (χ1) is 11.8. The molecule has 1 aromatic rings. The fraction of sp³-hybridized carbons (Fsp3) is 0.529. The molecule has 0 radical (unpaired) electrons. The van der Waals surface area contributed by atoms with E-state index >= 15 is 0 Å². The van der Waals surface area contributed by atoms with E-state index in [9.17, 15) is 22.8 Å². The summed E-state index contributed by atoms with van der Waals surface area (Å²) in [5.74, 6) is -0.753. The van der Waals surface area contributed by atoms with Crippen molar-refractivity contribution < 1.29 is 32.2 Å². The van der Waals surface area contributed by atoms with Crippen molar-refractivity contribution in [2.75, 3.05) is 20.8 Å². The molecule has 0 aliphatic carbocycles. The topological polar surface area (TPSA) is 55.8 Å². The second-order valence-electron chi connectivity index (χ2n) is 5.87. The fourth-order valence-electron chi connectivity index (χ4n) is 2.86. The summed E-state index contributed by atoms with van der Waals surface area (Å²) in [5.41, 5.74) is -0.103. The van der Waals surface area contributed by atoms with Gasteiger partial charge in [0.25, 0.3) is 0 Å². The van der Waals surface area contributed by atoms with Gasteiger partial charge in [-0.05, 0) is 24.1 Å². The summed E-state index contributed by atoms with van der Waals surface area (Å²) in [6.45, 7) is 0.294. The fourth-order valence-corrected chi connectivity index (χ4v) is 2.86. The molecule has 2 atom stereocenters. The molecule has 0 unspecified atom stereocenters. The first-order valence-electron chi connectivity index (χ1n) is 7.82. The molecule has 25 heavy (non-hydrogen) atoms. The Bertz CT molecular complexity index is 615. The zero-order chi connectivity index (χ0) is 18.6. The molecular formula is C17H20F3NO4. The van der Waals surface area contributed by atoms with E-state index in [1.807, 2.05) is 0 Å². The summed E-state index contributed by atoms with van der Waals surface area (Å²) in [6, 6.07) is 4.02. The molecule has 2 rings (SSSR count). The van der Waals surface area contributed by atoms with Crippen molar-refractivity contribution in [3.8, 4) is 0 Å². The Balaban J connectivity index is 1.97. The van der Waals surface area contributed by atoms with Crippen molar-refractivity contribution in [1.29, 1.82) is 0 Å². The molecular weight excluding hydrogens is 339 g/mol. The van der Waals surface area contributed by atoms with Crippen LogP contribution in [-0.4, -0.2) is 49.7 Å². The number of likely N-dealkylation sites (tertiary alicyclic amines) is 1. The van der Waals surface area contributed by atoms with Gasteiger partial charge in [0.2, 0.25) is 5.91 Å². The van der Waals surface area contributed by atoms with Gasteiger partial charge in [-0.25, -0.2) is 4.79 Å². The van der Waals surface area contributed by atoms with Crippen molar-refractivity contribution in [3.05, 3.63) is 35.4 Å². The van der Waals surface area contributed by atoms with Gasteiger partial charge in [-0.1, -0.05) is 12.1 Å². The summed E-state index contributed by atoms with van der Waals surface area (Å²) in [7, 11) is 2.77. The lowest BCUT2D eigenvalue weighted by Crippen LogP contribution is -2.41. The van der Waals surface area contributed by atoms with Crippen molar-refractivity contribution in [1.82, 2.24) is 4.90 Å². The van der Waals surface area contributed by atoms with Crippen LogP contribution in [0, 0.1) is 0 Å². The first kappa shape index (κ1) is 19.2. The molecule has 1 aliphatic heterocycles. The number of rotatable bonds is 5. The van der Waals surface area contributed by atoms with Gasteiger partial charge in [0, 0.05) is 26.5 Å². The summed E-state index contributed by atoms with van der Waals surface area (Å²) >= 11 is 0. The highest BCUT2D eigenvalue weighted by atomic mass is 19.4.